The van der Waals surface area contributed by atoms with E-state index >= 15 is 0 Å². The van der Waals surface area contributed by atoms with Gasteiger partial charge in [0.2, 0.25) is 11.8 Å². The normalized spacial score (nSPS) is 17.2. The first-order chi connectivity index (χ1) is 16.7. The maximum absolute atomic E-state index is 12.5. The number of amides is 2. The summed E-state index contributed by atoms with van der Waals surface area (Å²) in [5.74, 6) is 0.143. The number of carbonyl (C=O) groups is 4. The average molecular weight is 539 g/mol. The lowest BCUT2D eigenvalue weighted by Crippen LogP contribution is -2.40. The van der Waals surface area contributed by atoms with Crippen LogP contribution in [0.15, 0.2) is 0 Å². The molecule has 0 N–H and O–H groups in total. The first-order valence-electron chi connectivity index (χ1n) is 12.9. The van der Waals surface area contributed by atoms with Gasteiger partial charge in [0.15, 0.2) is 10.2 Å². The minimum absolute atomic E-state index is 0.00776. The Bertz CT molecular complexity index is 830. The van der Waals surface area contributed by atoms with E-state index in [4.69, 9.17) is 24.4 Å². The van der Waals surface area contributed by atoms with Crippen LogP contribution in [0.25, 0.3) is 0 Å². The Balaban J connectivity index is 1.72. The number of ketones is 2. The third-order valence-electron chi connectivity index (χ3n) is 7.04. The quantitative estimate of drug-likeness (QED) is 0.294. The Morgan fingerprint density at radius 1 is 0.694 bits per heavy atom. The molecule has 0 spiro atoms. The van der Waals surface area contributed by atoms with Crippen molar-refractivity contribution in [2.24, 2.45) is 10.8 Å². The molecular weight excluding hydrogens is 496 g/mol. The molecule has 0 atom stereocenters. The van der Waals surface area contributed by atoms with E-state index < -0.39 is 0 Å². The van der Waals surface area contributed by atoms with E-state index in [1.807, 2.05) is 51.3 Å². The average Bonchev–Trinajstić information content (AvgIpc) is 3.23. The summed E-state index contributed by atoms with van der Waals surface area (Å²) < 4.78 is 0. The zero-order valence-corrected chi connectivity index (χ0v) is 24.4. The second kappa shape index (κ2) is 12.5. The molecule has 0 aliphatic carbocycles. The van der Waals surface area contributed by atoms with Crippen molar-refractivity contribution < 1.29 is 19.2 Å². The molecule has 0 radical (unpaired) electrons. The summed E-state index contributed by atoms with van der Waals surface area (Å²) in [7, 11) is 0. The molecule has 2 aliphatic heterocycles. The van der Waals surface area contributed by atoms with Gasteiger partial charge in [-0.25, -0.2) is 0 Å². The van der Waals surface area contributed by atoms with Crippen LogP contribution in [0.2, 0.25) is 0 Å². The maximum Gasteiger partial charge on any atom is 0.248 e. The monoisotopic (exact) mass is 538 g/mol. The van der Waals surface area contributed by atoms with Gasteiger partial charge in [-0.2, -0.15) is 0 Å². The van der Waals surface area contributed by atoms with Crippen LogP contribution in [0.1, 0.15) is 80.1 Å². The first-order valence-corrected chi connectivity index (χ1v) is 13.7. The first kappa shape index (κ1) is 30.3. The van der Waals surface area contributed by atoms with E-state index in [1.165, 1.54) is 0 Å². The van der Waals surface area contributed by atoms with Crippen molar-refractivity contribution in [3.8, 4) is 0 Å². The van der Waals surface area contributed by atoms with Crippen molar-refractivity contribution in [3.05, 3.63) is 0 Å². The fourth-order valence-electron chi connectivity index (χ4n) is 4.49. The molecule has 0 aromatic carbocycles. The highest BCUT2D eigenvalue weighted by molar-refractivity contribution is 7.80. The Kier molecular flexibility index (Phi) is 10.5. The summed E-state index contributed by atoms with van der Waals surface area (Å²) in [6.45, 7) is 15.1. The van der Waals surface area contributed by atoms with Crippen LogP contribution in [-0.4, -0.2) is 92.5 Å². The summed E-state index contributed by atoms with van der Waals surface area (Å²) in [6.07, 6.45) is 2.48. The maximum atomic E-state index is 12.5. The van der Waals surface area contributed by atoms with Crippen LogP contribution in [0, 0.1) is 10.8 Å². The lowest BCUT2D eigenvalue weighted by molar-refractivity contribution is -0.127. The second-order valence-electron chi connectivity index (χ2n) is 11.5. The molecule has 2 heterocycles. The van der Waals surface area contributed by atoms with Crippen LogP contribution in [0.5, 0.6) is 0 Å². The number of hydrogen-bond acceptors (Lipinski definition) is 6. The summed E-state index contributed by atoms with van der Waals surface area (Å²) in [4.78, 5) is 56.6. The zero-order chi connectivity index (χ0) is 27.3. The predicted molar refractivity (Wildman–Crippen MR) is 148 cm³/mol. The fourth-order valence-corrected chi connectivity index (χ4v) is 5.21. The molecule has 2 aliphatic rings. The van der Waals surface area contributed by atoms with Gasteiger partial charge in [0.1, 0.15) is 11.6 Å². The molecule has 2 amide bonds. The number of Topliss-reactive ketones (excluding diaryl/α,β-unsaturated/α-hetero) is 2. The molecule has 0 bridgehead atoms. The Morgan fingerprint density at radius 3 is 1.31 bits per heavy atom. The molecule has 10 heteroatoms. The second-order valence-corrected chi connectivity index (χ2v) is 12.2. The molecule has 0 saturated carbocycles. The van der Waals surface area contributed by atoms with Crippen molar-refractivity contribution in [2.45, 2.75) is 80.1 Å². The Hall–Kier alpha value is -1.94. The van der Waals surface area contributed by atoms with Gasteiger partial charge < -0.3 is 9.80 Å². The number of likely N-dealkylation sites (N-methyl/N-ethyl adjacent to an activating group) is 2. The number of carbonyl (C=O) groups excluding carboxylic acids is 4. The molecule has 202 valence electrons. The van der Waals surface area contributed by atoms with Gasteiger partial charge in [-0.15, -0.1) is 0 Å². The molecule has 0 aromatic heterocycles. The topological polar surface area (TPSA) is 81.2 Å². The molecule has 2 rings (SSSR count). The minimum atomic E-state index is -0.256. The largest absolute Gasteiger partial charge is 0.340 e. The Morgan fingerprint density at radius 2 is 1.03 bits per heavy atom. The SMILES string of the molecule is CCN1CC(=O)N(CC(C)(C)CCC(=O)CCC(=O)CCC(C)(C)CN2C(=O)CN(CC)C2=S)C1=S. The lowest BCUT2D eigenvalue weighted by atomic mass is 9.85. The van der Waals surface area contributed by atoms with Crippen LogP contribution in [0.3, 0.4) is 0 Å². The third kappa shape index (κ3) is 8.30. The van der Waals surface area contributed by atoms with Gasteiger partial charge in [-0.05, 0) is 62.0 Å². The molecular formula is C26H42N4O4S2. The van der Waals surface area contributed by atoms with Gasteiger partial charge in [0.05, 0.1) is 13.1 Å². The van der Waals surface area contributed by atoms with E-state index in [9.17, 15) is 19.2 Å². The highest BCUT2D eigenvalue weighted by Gasteiger charge is 2.36. The van der Waals surface area contributed by atoms with Crippen LogP contribution >= 0.6 is 24.4 Å². The van der Waals surface area contributed by atoms with Gasteiger partial charge in [0.25, 0.3) is 0 Å². The zero-order valence-electron chi connectivity index (χ0n) is 22.7. The van der Waals surface area contributed by atoms with E-state index in [0.717, 1.165) is 0 Å². The van der Waals surface area contributed by atoms with Crippen LogP contribution in [-0.2, 0) is 19.2 Å². The molecule has 36 heavy (non-hydrogen) atoms. The summed E-state index contributed by atoms with van der Waals surface area (Å²) in [5, 5.41) is 1.13. The van der Waals surface area contributed by atoms with Crippen molar-refractivity contribution in [1.82, 2.24) is 19.6 Å². The molecule has 2 saturated heterocycles. The molecule has 2 fully saturated rings. The summed E-state index contributed by atoms with van der Waals surface area (Å²) in [5.41, 5.74) is -0.512. The highest BCUT2D eigenvalue weighted by Crippen LogP contribution is 2.28. The molecule has 0 aromatic rings. The lowest BCUT2D eigenvalue weighted by Gasteiger charge is -2.30. The fraction of sp³-hybridized carbons (Fsp3) is 0.769. The van der Waals surface area contributed by atoms with E-state index in [2.05, 4.69) is 0 Å². The highest BCUT2D eigenvalue weighted by atomic mass is 32.1. The molecule has 8 nitrogen and oxygen atoms in total. The van der Waals surface area contributed by atoms with Crippen molar-refractivity contribution in [3.63, 3.8) is 0 Å². The predicted octanol–water partition coefficient (Wildman–Crippen LogP) is 3.42. The number of nitrogens with zero attached hydrogens (tertiary/aromatic N) is 4. The molecule has 0 unspecified atom stereocenters. The van der Waals surface area contributed by atoms with Crippen LogP contribution in [0.4, 0.5) is 0 Å². The number of hydrogen-bond donors (Lipinski definition) is 0. The summed E-state index contributed by atoms with van der Waals surface area (Å²) >= 11 is 10.8. The standard InChI is InChI=1S/C26H42N4O4S2/c1-7-27-15-21(33)29(23(27)35)17-25(3,4)13-11-19(31)9-10-20(32)12-14-26(5,6)18-30-22(34)16-28(8-2)24(30)36/h7-18H2,1-6H3. The van der Waals surface area contributed by atoms with Crippen LogP contribution < -0.4 is 0 Å². The van der Waals surface area contributed by atoms with Crippen molar-refractivity contribution in [1.29, 1.82) is 0 Å². The van der Waals surface area contributed by atoms with E-state index in [1.54, 1.807) is 9.80 Å². The summed E-state index contributed by atoms with van der Waals surface area (Å²) in [6, 6.07) is 0. The van der Waals surface area contributed by atoms with Gasteiger partial charge >= 0.3 is 0 Å². The smallest absolute Gasteiger partial charge is 0.248 e. The third-order valence-corrected chi connectivity index (χ3v) is 7.99. The minimum Gasteiger partial charge on any atom is -0.340 e. The van der Waals surface area contributed by atoms with Crippen molar-refractivity contribution >= 4 is 58.0 Å². The number of thiocarbonyl (C=S) groups is 2. The van der Waals surface area contributed by atoms with E-state index in [-0.39, 0.29) is 47.1 Å². The number of rotatable bonds is 15. The van der Waals surface area contributed by atoms with Gasteiger partial charge in [-0.1, -0.05) is 27.7 Å². The van der Waals surface area contributed by atoms with Gasteiger partial charge in [-0.3, -0.25) is 29.0 Å². The van der Waals surface area contributed by atoms with Gasteiger partial charge in [0, 0.05) is 51.9 Å². The Labute approximate surface area is 226 Å². The van der Waals surface area contributed by atoms with E-state index in [0.29, 0.717) is 75.2 Å². The van der Waals surface area contributed by atoms with Crippen molar-refractivity contribution in [2.75, 3.05) is 39.3 Å².